The summed E-state index contributed by atoms with van der Waals surface area (Å²) in [5.41, 5.74) is 3.30. The van der Waals surface area contributed by atoms with Gasteiger partial charge in [0.1, 0.15) is 17.0 Å². The minimum absolute atomic E-state index is 0.187. The van der Waals surface area contributed by atoms with Crippen LogP contribution >= 0.6 is 23.2 Å². The monoisotopic (exact) mass is 431 g/mol. The number of carbonyl (C=O) groups excluding carboxylic acids is 2. The van der Waals surface area contributed by atoms with Crippen molar-refractivity contribution in [1.82, 2.24) is 10.6 Å². The van der Waals surface area contributed by atoms with Gasteiger partial charge in [-0.3, -0.25) is 14.8 Å². The van der Waals surface area contributed by atoms with Crippen molar-refractivity contribution in [3.8, 4) is 11.3 Å². The van der Waals surface area contributed by atoms with Crippen molar-refractivity contribution in [1.29, 1.82) is 0 Å². The maximum absolute atomic E-state index is 13.0. The maximum Gasteiger partial charge on any atom is 0.267 e. The average molecular weight is 432 g/mol. The van der Waals surface area contributed by atoms with Crippen molar-refractivity contribution in [3.05, 3.63) is 75.5 Å². The van der Waals surface area contributed by atoms with Crippen LogP contribution in [0.15, 0.2) is 53.1 Å². The van der Waals surface area contributed by atoms with Gasteiger partial charge in [0.15, 0.2) is 0 Å². The lowest BCUT2D eigenvalue weighted by Crippen LogP contribution is -2.15. The summed E-state index contributed by atoms with van der Waals surface area (Å²) in [4.78, 5) is 24.3. The second-order valence-corrected chi connectivity index (χ2v) is 6.72. The lowest BCUT2D eigenvalue weighted by molar-refractivity contribution is -0.124. The number of rotatable bonds is 5. The van der Waals surface area contributed by atoms with E-state index >= 15 is 0 Å². The fourth-order valence-electron chi connectivity index (χ4n) is 2.68. The predicted molar refractivity (Wildman–Crippen MR) is 110 cm³/mol. The van der Waals surface area contributed by atoms with Crippen LogP contribution in [0.4, 0.5) is 5.69 Å². The number of hydroxylamine groups is 1. The molecule has 1 aromatic heterocycles. The lowest BCUT2D eigenvalue weighted by Gasteiger charge is -2.10. The van der Waals surface area contributed by atoms with Crippen LogP contribution in [0.3, 0.4) is 0 Å². The molecule has 0 aliphatic rings. The number of amides is 2. The van der Waals surface area contributed by atoms with Crippen molar-refractivity contribution < 1.29 is 19.3 Å². The van der Waals surface area contributed by atoms with E-state index in [9.17, 15) is 9.59 Å². The normalized spacial score (nSPS) is 10.9. The number of hydrogen-bond acceptors (Lipinski definition) is 5. The molecule has 7 nitrogen and oxygen atoms in total. The number of carbonyl (C=O) groups is 2. The van der Waals surface area contributed by atoms with E-state index in [1.165, 1.54) is 11.6 Å². The molecule has 2 aromatic carbocycles. The zero-order chi connectivity index (χ0) is 21.0. The molecule has 1 heterocycles. The van der Waals surface area contributed by atoms with Gasteiger partial charge in [-0.15, -0.1) is 0 Å². The zero-order valence-corrected chi connectivity index (χ0v) is 16.6. The Kier molecular flexibility index (Phi) is 6.33. The summed E-state index contributed by atoms with van der Waals surface area (Å²) in [5.74, 6) is -0.889. The topological polar surface area (TPSA) is 104 Å². The Morgan fingerprint density at radius 2 is 1.79 bits per heavy atom. The van der Waals surface area contributed by atoms with Gasteiger partial charge < -0.3 is 9.84 Å². The molecular weight excluding hydrogens is 417 g/mol. The third-order valence-corrected chi connectivity index (χ3v) is 4.65. The minimum Gasteiger partial charge on any atom is -0.360 e. The fraction of sp³-hybridized carbons (Fsp3) is 0.0500. The van der Waals surface area contributed by atoms with E-state index in [1.807, 2.05) is 0 Å². The Morgan fingerprint density at radius 3 is 2.48 bits per heavy atom. The Balaban J connectivity index is 1.98. The van der Waals surface area contributed by atoms with Crippen LogP contribution in [-0.4, -0.2) is 22.2 Å². The molecule has 3 rings (SSSR count). The molecule has 0 fully saturated rings. The van der Waals surface area contributed by atoms with Crippen LogP contribution in [0.5, 0.6) is 0 Å². The summed E-state index contributed by atoms with van der Waals surface area (Å²) >= 11 is 12.5. The Labute approximate surface area is 175 Å². The largest absolute Gasteiger partial charge is 0.360 e. The first-order chi connectivity index (χ1) is 13.9. The zero-order valence-electron chi connectivity index (χ0n) is 15.1. The highest BCUT2D eigenvalue weighted by molar-refractivity contribution is 6.39. The van der Waals surface area contributed by atoms with E-state index in [2.05, 4.69) is 10.5 Å². The number of nitrogens with zero attached hydrogens (tertiary/aromatic N) is 1. The molecule has 9 heteroatoms. The van der Waals surface area contributed by atoms with Gasteiger partial charge in [0.05, 0.1) is 10.0 Å². The number of aromatic nitrogens is 1. The smallest absolute Gasteiger partial charge is 0.267 e. The molecular formula is C20H15Cl2N3O4. The Hall–Kier alpha value is -3.13. The molecule has 0 aliphatic heterocycles. The van der Waals surface area contributed by atoms with Crippen LogP contribution in [0.25, 0.3) is 17.3 Å². The highest BCUT2D eigenvalue weighted by atomic mass is 35.5. The third-order valence-electron chi connectivity index (χ3n) is 4.02. The minimum atomic E-state index is -0.698. The van der Waals surface area contributed by atoms with Gasteiger partial charge in [-0.2, -0.15) is 0 Å². The van der Waals surface area contributed by atoms with Crippen LogP contribution < -0.4 is 10.8 Å². The molecule has 0 saturated heterocycles. The fourth-order valence-corrected chi connectivity index (χ4v) is 3.25. The van der Waals surface area contributed by atoms with Gasteiger partial charge in [0.25, 0.3) is 11.8 Å². The number of nitrogens with one attached hydrogen (secondary N) is 2. The summed E-state index contributed by atoms with van der Waals surface area (Å²) < 4.78 is 5.22. The highest BCUT2D eigenvalue weighted by Crippen LogP contribution is 2.37. The van der Waals surface area contributed by atoms with Crippen molar-refractivity contribution in [2.24, 2.45) is 0 Å². The van der Waals surface area contributed by atoms with Crippen molar-refractivity contribution >= 4 is 46.8 Å². The summed E-state index contributed by atoms with van der Waals surface area (Å²) in [6.45, 7) is 1.60. The molecule has 29 heavy (non-hydrogen) atoms. The molecule has 0 atom stereocenters. The molecule has 0 aliphatic carbocycles. The van der Waals surface area contributed by atoms with Gasteiger partial charge in [-0.05, 0) is 36.8 Å². The van der Waals surface area contributed by atoms with E-state index < -0.39 is 11.8 Å². The number of aryl methyl sites for hydroxylation is 1. The number of hydrogen-bond donors (Lipinski definition) is 3. The second-order valence-electron chi connectivity index (χ2n) is 5.91. The van der Waals surface area contributed by atoms with Gasteiger partial charge in [0.2, 0.25) is 0 Å². The molecule has 2 amide bonds. The van der Waals surface area contributed by atoms with E-state index in [4.69, 9.17) is 32.9 Å². The Morgan fingerprint density at radius 1 is 1.10 bits per heavy atom. The molecule has 148 valence electrons. The molecule has 3 N–H and O–H groups in total. The Bertz CT molecular complexity index is 1090. The third kappa shape index (κ3) is 4.48. The summed E-state index contributed by atoms with van der Waals surface area (Å²) in [5, 5.41) is 16.0. The van der Waals surface area contributed by atoms with Crippen molar-refractivity contribution in [2.75, 3.05) is 5.32 Å². The summed E-state index contributed by atoms with van der Waals surface area (Å²) in [6.07, 6.45) is 2.58. The second kappa shape index (κ2) is 8.91. The summed E-state index contributed by atoms with van der Waals surface area (Å²) in [6, 6.07) is 11.8. The van der Waals surface area contributed by atoms with E-state index in [-0.39, 0.29) is 11.3 Å². The van der Waals surface area contributed by atoms with Crippen molar-refractivity contribution in [3.63, 3.8) is 0 Å². The highest BCUT2D eigenvalue weighted by Gasteiger charge is 2.25. The molecule has 3 aromatic rings. The van der Waals surface area contributed by atoms with Crippen LogP contribution in [-0.2, 0) is 4.79 Å². The van der Waals surface area contributed by atoms with Crippen LogP contribution in [0.1, 0.15) is 21.7 Å². The average Bonchev–Trinajstić information content (AvgIpc) is 3.08. The van der Waals surface area contributed by atoms with E-state index in [1.54, 1.807) is 49.4 Å². The quantitative estimate of drug-likeness (QED) is 0.307. The standard InChI is InChI=1S/C20H15Cl2N3O4/c1-11-17(19(25-29-11)18-13(21)6-4-7-14(18)22)20(27)23-15-8-3-2-5-12(15)9-10-16(26)24-28/h2-10,28H,1H3,(H,23,27)(H,24,26)/b10-9+. The van der Waals surface area contributed by atoms with Gasteiger partial charge in [0, 0.05) is 17.3 Å². The number of halogens is 2. The lowest BCUT2D eigenvalue weighted by atomic mass is 10.0. The number of anilines is 1. The first-order valence-electron chi connectivity index (χ1n) is 8.35. The maximum atomic E-state index is 13.0. The SMILES string of the molecule is Cc1onc(-c2c(Cl)cccc2Cl)c1C(=O)Nc1ccccc1/C=C/C(=O)NO. The molecule has 0 radical (unpaired) electrons. The number of benzene rings is 2. The first kappa shape index (κ1) is 20.6. The van der Waals surface area contributed by atoms with E-state index in [0.29, 0.717) is 32.6 Å². The van der Waals surface area contributed by atoms with Crippen LogP contribution in [0.2, 0.25) is 10.0 Å². The molecule has 0 unspecified atom stereocenters. The molecule has 0 saturated carbocycles. The van der Waals surface area contributed by atoms with Gasteiger partial charge in [-0.25, -0.2) is 5.48 Å². The van der Waals surface area contributed by atoms with Gasteiger partial charge >= 0.3 is 0 Å². The summed E-state index contributed by atoms with van der Waals surface area (Å²) in [7, 11) is 0. The predicted octanol–water partition coefficient (Wildman–Crippen LogP) is 4.73. The van der Waals surface area contributed by atoms with Crippen molar-refractivity contribution in [2.45, 2.75) is 6.92 Å². The first-order valence-corrected chi connectivity index (χ1v) is 9.11. The molecule has 0 spiro atoms. The van der Waals surface area contributed by atoms with Crippen LogP contribution in [0, 0.1) is 6.92 Å². The number of para-hydroxylation sites is 1. The van der Waals surface area contributed by atoms with Gasteiger partial charge in [-0.1, -0.05) is 52.6 Å². The van der Waals surface area contributed by atoms with E-state index in [0.717, 1.165) is 6.08 Å². The molecule has 0 bridgehead atoms.